The SMILES string of the molecule is CC(=O)Nc1ccc(SCC(=O)NNC(=O)c2cc(-c3ccc(C)cc3)nc3ccccc23)cc1. The molecule has 0 fully saturated rings. The maximum atomic E-state index is 13.0. The van der Waals surface area contributed by atoms with E-state index in [-0.39, 0.29) is 17.6 Å². The van der Waals surface area contributed by atoms with Gasteiger partial charge in [0.05, 0.1) is 22.5 Å². The van der Waals surface area contributed by atoms with Crippen molar-refractivity contribution in [3.05, 3.63) is 90.0 Å². The molecule has 3 amide bonds. The van der Waals surface area contributed by atoms with Gasteiger partial charge >= 0.3 is 0 Å². The minimum absolute atomic E-state index is 0.117. The Hall–Kier alpha value is -4.17. The topological polar surface area (TPSA) is 100 Å². The number of carbonyl (C=O) groups is 3. The molecular formula is C27H24N4O3S. The Kier molecular flexibility index (Phi) is 7.42. The van der Waals surface area contributed by atoms with Crippen LogP contribution in [0.25, 0.3) is 22.2 Å². The van der Waals surface area contributed by atoms with Crippen molar-refractivity contribution in [3.63, 3.8) is 0 Å². The fourth-order valence-corrected chi connectivity index (χ4v) is 4.15. The molecule has 0 aliphatic carbocycles. The number of carbonyl (C=O) groups excluding carboxylic acids is 3. The van der Waals surface area contributed by atoms with E-state index in [1.807, 2.05) is 67.6 Å². The van der Waals surface area contributed by atoms with Crippen LogP contribution in [0.4, 0.5) is 5.69 Å². The zero-order valence-electron chi connectivity index (χ0n) is 19.3. The van der Waals surface area contributed by atoms with E-state index in [2.05, 4.69) is 16.2 Å². The molecule has 8 heteroatoms. The maximum Gasteiger partial charge on any atom is 0.270 e. The summed E-state index contributed by atoms with van der Waals surface area (Å²) in [5, 5.41) is 3.39. The number of fused-ring (bicyclic) bond motifs is 1. The Labute approximate surface area is 207 Å². The lowest BCUT2D eigenvalue weighted by molar-refractivity contribution is -0.119. The highest BCUT2D eigenvalue weighted by Gasteiger charge is 2.15. The molecule has 0 unspecified atom stereocenters. The molecule has 0 radical (unpaired) electrons. The van der Waals surface area contributed by atoms with Crippen molar-refractivity contribution >= 4 is 46.1 Å². The van der Waals surface area contributed by atoms with Gasteiger partial charge in [-0.2, -0.15) is 0 Å². The van der Waals surface area contributed by atoms with Gasteiger partial charge in [0.15, 0.2) is 0 Å². The average Bonchev–Trinajstić information content (AvgIpc) is 2.86. The number of pyridine rings is 1. The molecular weight excluding hydrogens is 460 g/mol. The third-order valence-corrected chi connectivity index (χ3v) is 6.18. The first-order valence-corrected chi connectivity index (χ1v) is 11.9. The van der Waals surface area contributed by atoms with Gasteiger partial charge in [-0.05, 0) is 43.3 Å². The van der Waals surface area contributed by atoms with Crippen molar-refractivity contribution in [2.75, 3.05) is 11.1 Å². The number of anilines is 1. The largest absolute Gasteiger partial charge is 0.326 e. The molecule has 35 heavy (non-hydrogen) atoms. The predicted octanol–water partition coefficient (Wildman–Crippen LogP) is 4.72. The van der Waals surface area contributed by atoms with Crippen LogP contribution in [0.3, 0.4) is 0 Å². The third kappa shape index (κ3) is 6.24. The number of amides is 3. The van der Waals surface area contributed by atoms with Gasteiger partial charge < -0.3 is 5.32 Å². The van der Waals surface area contributed by atoms with Gasteiger partial charge in [-0.25, -0.2) is 4.98 Å². The molecule has 1 heterocycles. The molecule has 0 spiro atoms. The van der Waals surface area contributed by atoms with E-state index in [0.717, 1.165) is 16.0 Å². The van der Waals surface area contributed by atoms with Crippen molar-refractivity contribution in [2.24, 2.45) is 0 Å². The Morgan fingerprint density at radius 1 is 0.886 bits per heavy atom. The van der Waals surface area contributed by atoms with Gasteiger partial charge in [0.2, 0.25) is 11.8 Å². The number of para-hydroxylation sites is 1. The van der Waals surface area contributed by atoms with Crippen LogP contribution in [-0.4, -0.2) is 28.5 Å². The smallest absolute Gasteiger partial charge is 0.270 e. The molecule has 7 nitrogen and oxygen atoms in total. The summed E-state index contributed by atoms with van der Waals surface area (Å²) in [5.74, 6) is -0.791. The second-order valence-electron chi connectivity index (χ2n) is 7.93. The van der Waals surface area contributed by atoms with Crippen LogP contribution in [0.1, 0.15) is 22.8 Å². The maximum absolute atomic E-state index is 13.0. The molecule has 4 rings (SSSR count). The first kappa shape index (κ1) is 24.0. The summed E-state index contributed by atoms with van der Waals surface area (Å²) in [5.41, 5.74) is 9.53. The van der Waals surface area contributed by atoms with Gasteiger partial charge in [-0.1, -0.05) is 48.0 Å². The van der Waals surface area contributed by atoms with Crippen molar-refractivity contribution in [3.8, 4) is 11.3 Å². The van der Waals surface area contributed by atoms with Gasteiger partial charge in [0.25, 0.3) is 5.91 Å². The number of nitrogens with zero attached hydrogens (tertiary/aromatic N) is 1. The van der Waals surface area contributed by atoms with Crippen LogP contribution < -0.4 is 16.2 Å². The monoisotopic (exact) mass is 484 g/mol. The highest BCUT2D eigenvalue weighted by atomic mass is 32.2. The van der Waals surface area contributed by atoms with Gasteiger partial charge in [-0.15, -0.1) is 11.8 Å². The van der Waals surface area contributed by atoms with E-state index in [4.69, 9.17) is 4.98 Å². The van der Waals surface area contributed by atoms with Gasteiger partial charge in [0, 0.05) is 28.5 Å². The number of aryl methyl sites for hydroxylation is 1. The highest BCUT2D eigenvalue weighted by molar-refractivity contribution is 8.00. The van der Waals surface area contributed by atoms with Crippen LogP contribution in [-0.2, 0) is 9.59 Å². The Balaban J connectivity index is 1.42. The molecule has 176 valence electrons. The van der Waals surface area contributed by atoms with Crippen LogP contribution in [0.5, 0.6) is 0 Å². The fourth-order valence-electron chi connectivity index (χ4n) is 3.45. The quantitative estimate of drug-likeness (QED) is 0.272. The highest BCUT2D eigenvalue weighted by Crippen LogP contribution is 2.25. The fraction of sp³-hybridized carbons (Fsp3) is 0.111. The zero-order chi connectivity index (χ0) is 24.8. The van der Waals surface area contributed by atoms with Gasteiger partial charge in [0.1, 0.15) is 0 Å². The van der Waals surface area contributed by atoms with Crippen LogP contribution in [0, 0.1) is 6.92 Å². The number of hydrazine groups is 1. The first-order chi connectivity index (χ1) is 16.9. The summed E-state index contributed by atoms with van der Waals surface area (Å²) in [4.78, 5) is 42.0. The molecule has 0 atom stereocenters. The van der Waals surface area contributed by atoms with Gasteiger partial charge in [-0.3, -0.25) is 25.2 Å². The number of aromatic nitrogens is 1. The Morgan fingerprint density at radius 2 is 1.60 bits per heavy atom. The summed E-state index contributed by atoms with van der Waals surface area (Å²) < 4.78 is 0. The summed E-state index contributed by atoms with van der Waals surface area (Å²) in [6.45, 7) is 3.46. The van der Waals surface area contributed by atoms with E-state index in [1.54, 1.807) is 18.2 Å². The van der Waals surface area contributed by atoms with E-state index < -0.39 is 5.91 Å². The molecule has 1 aromatic heterocycles. The van der Waals surface area contributed by atoms with E-state index in [9.17, 15) is 14.4 Å². The molecule has 0 aliphatic heterocycles. The summed E-state index contributed by atoms with van der Waals surface area (Å²) in [6.07, 6.45) is 0. The Bertz CT molecular complexity index is 1390. The van der Waals surface area contributed by atoms with E-state index in [1.165, 1.54) is 18.7 Å². The van der Waals surface area contributed by atoms with E-state index >= 15 is 0 Å². The molecule has 0 saturated carbocycles. The molecule has 0 bridgehead atoms. The second-order valence-corrected chi connectivity index (χ2v) is 8.98. The van der Waals surface area contributed by atoms with Crippen LogP contribution >= 0.6 is 11.8 Å². The molecule has 0 saturated heterocycles. The van der Waals surface area contributed by atoms with Crippen LogP contribution in [0.2, 0.25) is 0 Å². The van der Waals surface area contributed by atoms with E-state index in [0.29, 0.717) is 27.8 Å². The normalized spacial score (nSPS) is 10.6. The first-order valence-electron chi connectivity index (χ1n) is 11.0. The minimum atomic E-state index is -0.421. The minimum Gasteiger partial charge on any atom is -0.326 e. The average molecular weight is 485 g/mol. The summed E-state index contributed by atoms with van der Waals surface area (Å²) in [6, 6.07) is 24.2. The summed E-state index contributed by atoms with van der Waals surface area (Å²) >= 11 is 1.32. The molecule has 4 aromatic rings. The zero-order valence-corrected chi connectivity index (χ0v) is 20.1. The molecule has 3 aromatic carbocycles. The number of nitrogens with one attached hydrogen (secondary N) is 3. The summed E-state index contributed by atoms with van der Waals surface area (Å²) in [7, 11) is 0. The van der Waals surface area contributed by atoms with Crippen molar-refractivity contribution in [2.45, 2.75) is 18.7 Å². The lowest BCUT2D eigenvalue weighted by atomic mass is 10.0. The van der Waals surface area contributed by atoms with Crippen LogP contribution in [0.15, 0.2) is 83.8 Å². The number of benzene rings is 3. The number of hydrogen-bond acceptors (Lipinski definition) is 5. The predicted molar refractivity (Wildman–Crippen MR) is 139 cm³/mol. The number of rotatable bonds is 6. The lowest BCUT2D eigenvalue weighted by Crippen LogP contribution is -2.42. The second kappa shape index (κ2) is 10.8. The van der Waals surface area contributed by atoms with Crippen molar-refractivity contribution < 1.29 is 14.4 Å². The molecule has 0 aliphatic rings. The Morgan fingerprint density at radius 3 is 2.31 bits per heavy atom. The van der Waals surface area contributed by atoms with Crippen molar-refractivity contribution in [1.82, 2.24) is 15.8 Å². The lowest BCUT2D eigenvalue weighted by Gasteiger charge is -2.12. The number of hydrogen-bond donors (Lipinski definition) is 3. The standard InChI is InChI=1S/C27H24N4O3S/c1-17-7-9-19(10-8-17)25-15-23(22-5-3-4-6-24(22)29-25)27(34)31-30-26(33)16-35-21-13-11-20(12-14-21)28-18(2)32/h3-15H,16H2,1-2H3,(H,28,32)(H,30,33)(H,31,34). The molecule has 3 N–H and O–H groups in total. The third-order valence-electron chi connectivity index (χ3n) is 5.17. The number of thioether (sulfide) groups is 1. The van der Waals surface area contributed by atoms with Crippen molar-refractivity contribution in [1.29, 1.82) is 0 Å².